The number of fused-ring (bicyclic) bond motifs is 2. The van der Waals surface area contributed by atoms with Gasteiger partial charge in [-0.25, -0.2) is 0 Å². The van der Waals surface area contributed by atoms with Gasteiger partial charge in [-0.1, -0.05) is 24.3 Å². The van der Waals surface area contributed by atoms with Gasteiger partial charge in [0.15, 0.2) is 11.5 Å². The zero-order chi connectivity index (χ0) is 21.5. The lowest BCUT2D eigenvalue weighted by Crippen LogP contribution is -2.36. The Kier molecular flexibility index (Phi) is 4.67. The SMILES string of the molecule is COc1ccc2c(c1)OC(=O)C(C(O)c1ccc3c(c1)OCO3)C2c1cccc(O)c1. The van der Waals surface area contributed by atoms with Gasteiger partial charge in [0.2, 0.25) is 6.79 Å². The molecule has 0 saturated heterocycles. The van der Waals surface area contributed by atoms with Gasteiger partial charge in [0.05, 0.1) is 19.1 Å². The molecule has 0 amide bonds. The van der Waals surface area contributed by atoms with Crippen molar-refractivity contribution >= 4 is 5.97 Å². The molecule has 5 rings (SSSR count). The summed E-state index contributed by atoms with van der Waals surface area (Å²) >= 11 is 0. The number of aromatic hydroxyl groups is 1. The smallest absolute Gasteiger partial charge is 0.318 e. The van der Waals surface area contributed by atoms with Gasteiger partial charge in [-0.05, 0) is 41.5 Å². The second-order valence-corrected chi connectivity index (χ2v) is 7.48. The minimum atomic E-state index is -1.18. The van der Waals surface area contributed by atoms with Gasteiger partial charge in [0.1, 0.15) is 17.2 Å². The molecule has 3 atom stereocenters. The predicted molar refractivity (Wildman–Crippen MR) is 110 cm³/mol. The highest BCUT2D eigenvalue weighted by molar-refractivity contribution is 5.81. The van der Waals surface area contributed by atoms with E-state index in [9.17, 15) is 15.0 Å². The first-order valence-electron chi connectivity index (χ1n) is 9.81. The maximum absolute atomic E-state index is 13.1. The van der Waals surface area contributed by atoms with Crippen LogP contribution in [0.3, 0.4) is 0 Å². The van der Waals surface area contributed by atoms with Crippen molar-refractivity contribution in [3.8, 4) is 28.7 Å². The van der Waals surface area contributed by atoms with Crippen LogP contribution in [0, 0.1) is 5.92 Å². The van der Waals surface area contributed by atoms with E-state index in [0.29, 0.717) is 34.1 Å². The number of hydrogen-bond donors (Lipinski definition) is 2. The molecule has 3 unspecified atom stereocenters. The number of hydrogen-bond acceptors (Lipinski definition) is 7. The van der Waals surface area contributed by atoms with Crippen molar-refractivity contribution < 1.29 is 34.0 Å². The molecule has 31 heavy (non-hydrogen) atoms. The van der Waals surface area contributed by atoms with Crippen molar-refractivity contribution in [2.75, 3.05) is 13.9 Å². The van der Waals surface area contributed by atoms with E-state index in [1.54, 1.807) is 48.5 Å². The largest absolute Gasteiger partial charge is 0.508 e. The van der Waals surface area contributed by atoms with Gasteiger partial charge in [-0.3, -0.25) is 4.79 Å². The molecule has 7 nitrogen and oxygen atoms in total. The summed E-state index contributed by atoms with van der Waals surface area (Å²) in [5.41, 5.74) is 1.91. The average Bonchev–Trinajstić information content (AvgIpc) is 3.25. The van der Waals surface area contributed by atoms with Crippen LogP contribution in [0.25, 0.3) is 0 Å². The second kappa shape index (κ2) is 7.52. The number of aliphatic hydroxyl groups excluding tert-OH is 1. The highest BCUT2D eigenvalue weighted by Gasteiger charge is 2.44. The number of ether oxygens (including phenoxy) is 4. The summed E-state index contributed by atoms with van der Waals surface area (Å²) in [6.07, 6.45) is -1.18. The van der Waals surface area contributed by atoms with E-state index >= 15 is 0 Å². The summed E-state index contributed by atoms with van der Waals surface area (Å²) in [7, 11) is 1.53. The fraction of sp³-hybridized carbons (Fsp3) is 0.208. The van der Waals surface area contributed by atoms with Crippen LogP contribution < -0.4 is 18.9 Å². The maximum atomic E-state index is 13.1. The van der Waals surface area contributed by atoms with Crippen molar-refractivity contribution in [1.29, 1.82) is 0 Å². The molecule has 3 aromatic rings. The fourth-order valence-corrected chi connectivity index (χ4v) is 4.21. The number of methoxy groups -OCH3 is 1. The van der Waals surface area contributed by atoms with Crippen molar-refractivity contribution in [2.24, 2.45) is 5.92 Å². The van der Waals surface area contributed by atoms with Crippen molar-refractivity contribution in [2.45, 2.75) is 12.0 Å². The molecular weight excluding hydrogens is 400 g/mol. The Morgan fingerprint density at radius 1 is 1.00 bits per heavy atom. The number of rotatable bonds is 4. The minimum Gasteiger partial charge on any atom is -0.508 e. The highest BCUT2D eigenvalue weighted by atomic mass is 16.7. The molecule has 0 aliphatic carbocycles. The van der Waals surface area contributed by atoms with Crippen LogP contribution in [0.1, 0.15) is 28.7 Å². The summed E-state index contributed by atoms with van der Waals surface area (Å²) in [5, 5.41) is 21.3. The molecule has 0 spiro atoms. The van der Waals surface area contributed by atoms with E-state index in [0.717, 1.165) is 5.56 Å². The van der Waals surface area contributed by atoms with Crippen LogP contribution in [0.4, 0.5) is 0 Å². The van der Waals surface area contributed by atoms with E-state index in [-0.39, 0.29) is 12.5 Å². The summed E-state index contributed by atoms with van der Waals surface area (Å²) in [4.78, 5) is 13.1. The molecule has 7 heteroatoms. The lowest BCUT2D eigenvalue weighted by molar-refractivity contribution is -0.145. The van der Waals surface area contributed by atoms with E-state index in [2.05, 4.69) is 0 Å². The highest BCUT2D eigenvalue weighted by Crippen LogP contribution is 2.48. The van der Waals surface area contributed by atoms with Gasteiger partial charge in [-0.15, -0.1) is 0 Å². The van der Waals surface area contributed by atoms with Crippen LogP contribution in [-0.2, 0) is 4.79 Å². The summed E-state index contributed by atoms with van der Waals surface area (Å²) in [6.45, 7) is 0.113. The Bertz CT molecular complexity index is 1160. The first-order valence-corrected chi connectivity index (χ1v) is 9.81. The number of esters is 1. The lowest BCUT2D eigenvalue weighted by Gasteiger charge is -2.35. The quantitative estimate of drug-likeness (QED) is 0.493. The molecule has 158 valence electrons. The molecule has 2 heterocycles. The number of benzene rings is 3. The van der Waals surface area contributed by atoms with E-state index in [1.807, 2.05) is 12.1 Å². The van der Waals surface area contributed by atoms with E-state index in [4.69, 9.17) is 18.9 Å². The monoisotopic (exact) mass is 420 g/mol. The Balaban J connectivity index is 1.62. The van der Waals surface area contributed by atoms with Crippen LogP contribution in [-0.4, -0.2) is 30.1 Å². The Labute approximate surface area is 178 Å². The summed E-state index contributed by atoms with van der Waals surface area (Å²) in [6, 6.07) is 17.0. The fourth-order valence-electron chi connectivity index (χ4n) is 4.21. The predicted octanol–water partition coefficient (Wildman–Crippen LogP) is 3.53. The number of carbonyl (C=O) groups is 1. The normalized spacial score (nSPS) is 20.0. The van der Waals surface area contributed by atoms with Crippen LogP contribution in [0.5, 0.6) is 28.7 Å². The molecule has 0 aromatic heterocycles. The third kappa shape index (κ3) is 3.33. The van der Waals surface area contributed by atoms with Gasteiger partial charge < -0.3 is 29.2 Å². The molecule has 3 aromatic carbocycles. The average molecular weight is 420 g/mol. The first kappa shape index (κ1) is 19.3. The second-order valence-electron chi connectivity index (χ2n) is 7.48. The van der Waals surface area contributed by atoms with Crippen molar-refractivity contribution in [1.82, 2.24) is 0 Å². The first-order chi connectivity index (χ1) is 15.0. The van der Waals surface area contributed by atoms with Crippen LogP contribution >= 0.6 is 0 Å². The zero-order valence-corrected chi connectivity index (χ0v) is 16.6. The van der Waals surface area contributed by atoms with Crippen LogP contribution in [0.15, 0.2) is 60.7 Å². The third-order valence-corrected chi connectivity index (χ3v) is 5.71. The van der Waals surface area contributed by atoms with Crippen molar-refractivity contribution in [3.63, 3.8) is 0 Å². The molecule has 0 radical (unpaired) electrons. The van der Waals surface area contributed by atoms with Crippen molar-refractivity contribution in [3.05, 3.63) is 77.4 Å². The topological polar surface area (TPSA) is 94.5 Å². The Morgan fingerprint density at radius 2 is 1.84 bits per heavy atom. The van der Waals surface area contributed by atoms with Gasteiger partial charge in [-0.2, -0.15) is 0 Å². The molecule has 0 bridgehead atoms. The van der Waals surface area contributed by atoms with E-state index in [1.165, 1.54) is 7.11 Å². The molecule has 2 aliphatic heterocycles. The molecule has 0 fully saturated rings. The molecule has 2 aliphatic rings. The number of phenols is 1. The Morgan fingerprint density at radius 3 is 2.65 bits per heavy atom. The van der Waals surface area contributed by atoms with Gasteiger partial charge >= 0.3 is 5.97 Å². The standard InChI is InChI=1S/C24H20O7/c1-28-16-6-7-17-19(11-16)31-24(27)22(21(17)13-3-2-4-15(25)9-13)23(26)14-5-8-18-20(10-14)30-12-29-18/h2-11,21-23,25-26H,12H2,1H3. The van der Waals surface area contributed by atoms with Crippen LogP contribution in [0.2, 0.25) is 0 Å². The Hall–Kier alpha value is -3.71. The number of aliphatic hydroxyl groups is 1. The zero-order valence-electron chi connectivity index (χ0n) is 16.6. The van der Waals surface area contributed by atoms with Gasteiger partial charge in [0.25, 0.3) is 0 Å². The molecule has 0 saturated carbocycles. The third-order valence-electron chi connectivity index (χ3n) is 5.71. The minimum absolute atomic E-state index is 0.0721. The molecule has 2 N–H and O–H groups in total. The summed E-state index contributed by atoms with van der Waals surface area (Å²) in [5.74, 6) is 0.0338. The lowest BCUT2D eigenvalue weighted by atomic mass is 9.74. The summed E-state index contributed by atoms with van der Waals surface area (Å²) < 4.78 is 21.6. The maximum Gasteiger partial charge on any atom is 0.318 e. The molecular formula is C24H20O7. The van der Waals surface area contributed by atoms with Gasteiger partial charge in [0, 0.05) is 17.5 Å². The number of phenolic OH excluding ortho intramolecular Hbond substituents is 1. The number of carbonyl (C=O) groups excluding carboxylic acids is 1. The van der Waals surface area contributed by atoms with E-state index < -0.39 is 23.9 Å².